The summed E-state index contributed by atoms with van der Waals surface area (Å²) in [5.41, 5.74) is 4.79. The van der Waals surface area contributed by atoms with E-state index in [1.807, 2.05) is 36.5 Å². The lowest BCUT2D eigenvalue weighted by Crippen LogP contribution is -2.35. The van der Waals surface area contributed by atoms with Crippen LogP contribution in [-0.4, -0.2) is 46.9 Å². The van der Waals surface area contributed by atoms with Gasteiger partial charge >= 0.3 is 0 Å². The number of aromatic nitrogens is 4. The Morgan fingerprint density at radius 2 is 1.63 bits per heavy atom. The average Bonchev–Trinajstić information content (AvgIpc) is 3.45. The molecule has 4 aromatic rings. The van der Waals surface area contributed by atoms with Crippen LogP contribution in [-0.2, 0) is 9.84 Å². The summed E-state index contributed by atoms with van der Waals surface area (Å²) in [5, 5.41) is 12.8. The Morgan fingerprint density at radius 1 is 0.886 bits per heavy atom. The van der Waals surface area contributed by atoms with E-state index in [9.17, 15) is 8.42 Å². The van der Waals surface area contributed by atoms with Crippen molar-refractivity contribution in [3.8, 4) is 11.1 Å². The van der Waals surface area contributed by atoms with E-state index in [1.54, 1.807) is 42.9 Å². The molecule has 0 spiro atoms. The first kappa shape index (κ1) is 22.9. The van der Waals surface area contributed by atoms with Gasteiger partial charge in [-0.3, -0.25) is 5.10 Å². The van der Waals surface area contributed by atoms with Crippen LogP contribution in [0, 0.1) is 0 Å². The van der Waals surface area contributed by atoms with Gasteiger partial charge in [0.1, 0.15) is 0 Å². The molecule has 0 amide bonds. The minimum atomic E-state index is -3.31. The van der Waals surface area contributed by atoms with Crippen LogP contribution in [0.3, 0.4) is 0 Å². The van der Waals surface area contributed by atoms with Crippen LogP contribution in [0.25, 0.3) is 23.3 Å². The van der Waals surface area contributed by atoms with Crippen LogP contribution in [0.5, 0.6) is 0 Å². The molecule has 1 aliphatic heterocycles. The number of anilines is 2. The van der Waals surface area contributed by atoms with Crippen LogP contribution in [0.1, 0.15) is 24.0 Å². The topological polar surface area (TPSA) is 113 Å². The fourth-order valence-corrected chi connectivity index (χ4v) is 5.82. The first-order valence-electron chi connectivity index (χ1n) is 11.5. The van der Waals surface area contributed by atoms with Crippen LogP contribution in [0.2, 0.25) is 0 Å². The van der Waals surface area contributed by atoms with Crippen LogP contribution >= 0.6 is 0 Å². The molecule has 0 bridgehead atoms. The number of H-pyrrole nitrogens is 1. The first-order valence-corrected chi connectivity index (χ1v) is 13.0. The maximum Gasteiger partial charge on any atom is 0.227 e. The van der Waals surface area contributed by atoms with Crippen molar-refractivity contribution >= 4 is 33.6 Å². The minimum absolute atomic E-state index is 0.320. The van der Waals surface area contributed by atoms with Crippen molar-refractivity contribution in [1.82, 2.24) is 25.5 Å². The van der Waals surface area contributed by atoms with Gasteiger partial charge in [-0.05, 0) is 67.4 Å². The van der Waals surface area contributed by atoms with Crippen molar-refractivity contribution in [1.29, 1.82) is 0 Å². The molecule has 1 fully saturated rings. The molecular formula is C26H26N6O2S. The van der Waals surface area contributed by atoms with E-state index in [-0.39, 0.29) is 5.25 Å². The normalized spacial score (nSPS) is 14.9. The summed E-state index contributed by atoms with van der Waals surface area (Å²) in [7, 11) is -3.31. The molecule has 3 heterocycles. The summed E-state index contributed by atoms with van der Waals surface area (Å²) in [6, 6.07) is 15.0. The van der Waals surface area contributed by atoms with Crippen molar-refractivity contribution in [2.45, 2.75) is 23.0 Å². The third-order valence-corrected chi connectivity index (χ3v) is 8.30. The number of nitrogens with one attached hydrogen (secondary N) is 3. The van der Waals surface area contributed by atoms with Gasteiger partial charge in [0.15, 0.2) is 9.84 Å². The van der Waals surface area contributed by atoms with E-state index < -0.39 is 9.84 Å². The Labute approximate surface area is 204 Å². The zero-order valence-corrected chi connectivity index (χ0v) is 19.9. The number of benzene rings is 2. The summed E-state index contributed by atoms with van der Waals surface area (Å²) < 4.78 is 25.7. The smallest absolute Gasteiger partial charge is 0.227 e. The van der Waals surface area contributed by atoms with Crippen molar-refractivity contribution in [3.05, 3.63) is 84.4 Å². The number of piperidine rings is 1. The minimum Gasteiger partial charge on any atom is -0.324 e. The molecule has 1 saturated heterocycles. The number of aromatic amines is 1. The molecule has 0 radical (unpaired) electrons. The summed E-state index contributed by atoms with van der Waals surface area (Å²) >= 11 is 0. The van der Waals surface area contributed by atoms with Crippen molar-refractivity contribution in [3.63, 3.8) is 0 Å². The van der Waals surface area contributed by atoms with Gasteiger partial charge in [-0.2, -0.15) is 5.10 Å². The van der Waals surface area contributed by atoms with Crippen LogP contribution in [0.4, 0.5) is 11.6 Å². The monoisotopic (exact) mass is 486 g/mol. The van der Waals surface area contributed by atoms with Gasteiger partial charge in [0.25, 0.3) is 0 Å². The molecule has 1 aliphatic rings. The van der Waals surface area contributed by atoms with Gasteiger partial charge in [0.2, 0.25) is 5.95 Å². The van der Waals surface area contributed by atoms with E-state index in [2.05, 4.69) is 36.9 Å². The highest BCUT2D eigenvalue weighted by molar-refractivity contribution is 7.92. The van der Waals surface area contributed by atoms with E-state index in [4.69, 9.17) is 0 Å². The molecule has 3 N–H and O–H groups in total. The lowest BCUT2D eigenvalue weighted by Gasteiger charge is -2.22. The highest BCUT2D eigenvalue weighted by Gasteiger charge is 2.28. The lowest BCUT2D eigenvalue weighted by atomic mass is 10.1. The van der Waals surface area contributed by atoms with Gasteiger partial charge in [0, 0.05) is 35.4 Å². The Bertz CT molecular complexity index is 1390. The molecule has 0 saturated carbocycles. The van der Waals surface area contributed by atoms with E-state index in [1.165, 1.54) is 0 Å². The predicted molar refractivity (Wildman–Crippen MR) is 138 cm³/mol. The van der Waals surface area contributed by atoms with Gasteiger partial charge in [-0.1, -0.05) is 30.4 Å². The van der Waals surface area contributed by atoms with Crippen molar-refractivity contribution in [2.75, 3.05) is 18.4 Å². The SMILES string of the molecule is O=S(=O)(c1ccc(Nc2ncc(C=Cc3cccc(-c4cn[nH]c4)c3)cn2)cc1)C1CCNCC1. The van der Waals surface area contributed by atoms with E-state index in [0.717, 1.165) is 41.0 Å². The standard InChI is InChI=1S/C26H26N6O2S/c33-35(34,25-10-12-27-13-11-25)24-8-6-23(7-9-24)32-26-28-15-20(16-29-26)5-4-19-2-1-3-21(14-19)22-17-30-31-18-22/h1-9,14-18,25,27H,10-13H2,(H,30,31)(H,28,29,32). The van der Waals surface area contributed by atoms with E-state index in [0.29, 0.717) is 23.7 Å². The average molecular weight is 487 g/mol. The quantitative estimate of drug-likeness (QED) is 0.357. The molecule has 0 unspecified atom stereocenters. The van der Waals surface area contributed by atoms with Crippen molar-refractivity contribution < 1.29 is 8.42 Å². The summed E-state index contributed by atoms with van der Waals surface area (Å²) in [6.45, 7) is 1.48. The zero-order chi connectivity index (χ0) is 24.1. The molecule has 178 valence electrons. The Morgan fingerprint density at radius 3 is 2.34 bits per heavy atom. The van der Waals surface area contributed by atoms with Crippen molar-refractivity contribution in [2.24, 2.45) is 0 Å². The fraction of sp³-hybridized carbons (Fsp3) is 0.192. The number of sulfone groups is 1. The maximum atomic E-state index is 12.9. The van der Waals surface area contributed by atoms with Crippen LogP contribution in [0.15, 0.2) is 78.2 Å². The van der Waals surface area contributed by atoms with Gasteiger partial charge < -0.3 is 10.6 Å². The molecule has 2 aromatic carbocycles. The highest BCUT2D eigenvalue weighted by Crippen LogP contribution is 2.24. The third-order valence-electron chi connectivity index (χ3n) is 6.02. The molecule has 8 nitrogen and oxygen atoms in total. The largest absolute Gasteiger partial charge is 0.324 e. The molecule has 0 aliphatic carbocycles. The second kappa shape index (κ2) is 10.2. The molecule has 2 aromatic heterocycles. The highest BCUT2D eigenvalue weighted by atomic mass is 32.2. The predicted octanol–water partition coefficient (Wildman–Crippen LogP) is 4.31. The Kier molecular flexibility index (Phi) is 6.69. The Balaban J connectivity index is 1.22. The molecule has 35 heavy (non-hydrogen) atoms. The lowest BCUT2D eigenvalue weighted by molar-refractivity contribution is 0.496. The second-order valence-electron chi connectivity index (χ2n) is 8.43. The third kappa shape index (κ3) is 5.47. The summed E-state index contributed by atoms with van der Waals surface area (Å²) in [4.78, 5) is 9.11. The number of rotatable bonds is 7. The zero-order valence-electron chi connectivity index (χ0n) is 19.1. The summed E-state index contributed by atoms with van der Waals surface area (Å²) in [6.07, 6.45) is 12.4. The fourth-order valence-electron chi connectivity index (χ4n) is 4.07. The number of hydrogen-bond donors (Lipinski definition) is 3. The summed E-state index contributed by atoms with van der Waals surface area (Å²) in [5.74, 6) is 0.443. The van der Waals surface area contributed by atoms with E-state index >= 15 is 0 Å². The molecule has 5 rings (SSSR count). The number of nitrogens with zero attached hydrogens (tertiary/aromatic N) is 3. The van der Waals surface area contributed by atoms with Gasteiger partial charge in [-0.15, -0.1) is 0 Å². The second-order valence-corrected chi connectivity index (χ2v) is 10.7. The molecule has 9 heteroatoms. The first-order chi connectivity index (χ1) is 17.1. The maximum absolute atomic E-state index is 12.9. The Hall–Kier alpha value is -3.82. The van der Waals surface area contributed by atoms with Crippen LogP contribution < -0.4 is 10.6 Å². The van der Waals surface area contributed by atoms with Gasteiger partial charge in [-0.25, -0.2) is 18.4 Å². The molecular weight excluding hydrogens is 460 g/mol. The number of hydrogen-bond acceptors (Lipinski definition) is 7. The van der Waals surface area contributed by atoms with Gasteiger partial charge in [0.05, 0.1) is 16.3 Å². The molecule has 0 atom stereocenters.